The van der Waals surface area contributed by atoms with Crippen molar-refractivity contribution in [1.29, 1.82) is 0 Å². The molecular formula is C9H15N. The third-order valence-electron chi connectivity index (χ3n) is 1.24. The van der Waals surface area contributed by atoms with Crippen LogP contribution in [0.3, 0.4) is 0 Å². The zero-order valence-corrected chi connectivity index (χ0v) is 7.02. The summed E-state index contributed by atoms with van der Waals surface area (Å²) in [5.74, 6) is 2.93. The van der Waals surface area contributed by atoms with Gasteiger partial charge in [0.15, 0.2) is 0 Å². The molecule has 0 aliphatic heterocycles. The number of hydrogen-bond donors (Lipinski definition) is 0. The van der Waals surface area contributed by atoms with Crippen molar-refractivity contribution in [3.8, 4) is 12.0 Å². The third-order valence-corrected chi connectivity index (χ3v) is 1.24. The molecule has 0 N–H and O–H groups in total. The SMILES string of the molecule is C/C=C\C#CN(CC)CC. The van der Waals surface area contributed by atoms with E-state index in [9.17, 15) is 0 Å². The largest absolute Gasteiger partial charge is 0.333 e. The topological polar surface area (TPSA) is 3.24 Å². The van der Waals surface area contributed by atoms with E-state index in [1.165, 1.54) is 0 Å². The zero-order valence-electron chi connectivity index (χ0n) is 7.02. The molecule has 0 aromatic heterocycles. The highest BCUT2D eigenvalue weighted by Gasteiger charge is 1.85. The molecule has 0 atom stereocenters. The first kappa shape index (κ1) is 9.10. The summed E-state index contributed by atoms with van der Waals surface area (Å²) in [6, 6.07) is 3.02. The molecule has 10 heavy (non-hydrogen) atoms. The number of hydrogen-bond acceptors (Lipinski definition) is 1. The minimum Gasteiger partial charge on any atom is -0.333 e. The minimum absolute atomic E-state index is 1.00. The Hall–Kier alpha value is -0.900. The number of rotatable bonds is 2. The van der Waals surface area contributed by atoms with Crippen molar-refractivity contribution in [2.75, 3.05) is 13.1 Å². The van der Waals surface area contributed by atoms with Crippen molar-refractivity contribution in [3.63, 3.8) is 0 Å². The fraction of sp³-hybridized carbons (Fsp3) is 0.556. The van der Waals surface area contributed by atoms with Crippen LogP contribution in [0.4, 0.5) is 0 Å². The summed E-state index contributed by atoms with van der Waals surface area (Å²) < 4.78 is 0. The molecule has 0 unspecified atom stereocenters. The second-order valence-corrected chi connectivity index (χ2v) is 1.93. The van der Waals surface area contributed by atoms with E-state index in [0.29, 0.717) is 0 Å². The predicted octanol–water partition coefficient (Wildman–Crippen LogP) is 1.87. The maximum Gasteiger partial charge on any atom is 0.0232 e. The lowest BCUT2D eigenvalue weighted by Crippen LogP contribution is -2.15. The Balaban J connectivity index is 3.74. The summed E-state index contributed by atoms with van der Waals surface area (Å²) in [6.07, 6.45) is 3.80. The lowest BCUT2D eigenvalue weighted by atomic mass is 10.5. The van der Waals surface area contributed by atoms with Gasteiger partial charge in [0.05, 0.1) is 0 Å². The highest BCUT2D eigenvalue weighted by Crippen LogP contribution is 1.81. The molecule has 0 radical (unpaired) electrons. The standard InChI is InChI=1S/C9H15N/c1-4-7-8-9-10(5-2)6-3/h4,7H,5-6H2,1-3H3/b7-4-. The van der Waals surface area contributed by atoms with Gasteiger partial charge in [-0.1, -0.05) is 12.0 Å². The van der Waals surface area contributed by atoms with Gasteiger partial charge < -0.3 is 4.90 Å². The molecule has 0 aliphatic carbocycles. The molecule has 0 heterocycles. The van der Waals surface area contributed by atoms with Gasteiger partial charge in [0, 0.05) is 19.1 Å². The summed E-state index contributed by atoms with van der Waals surface area (Å²) in [5.41, 5.74) is 0. The predicted molar refractivity (Wildman–Crippen MR) is 45.5 cm³/mol. The summed E-state index contributed by atoms with van der Waals surface area (Å²) in [4.78, 5) is 2.07. The first-order valence-corrected chi connectivity index (χ1v) is 3.72. The Morgan fingerprint density at radius 1 is 1.30 bits per heavy atom. The normalized spacial score (nSPS) is 9.10. The van der Waals surface area contributed by atoms with Crippen LogP contribution in [-0.4, -0.2) is 18.0 Å². The summed E-state index contributed by atoms with van der Waals surface area (Å²) >= 11 is 0. The van der Waals surface area contributed by atoms with Crippen LogP contribution in [0.15, 0.2) is 12.2 Å². The molecule has 1 heteroatoms. The average molecular weight is 137 g/mol. The monoisotopic (exact) mass is 137 g/mol. The molecule has 0 fully saturated rings. The highest BCUT2D eigenvalue weighted by atomic mass is 15.1. The Morgan fingerprint density at radius 3 is 2.30 bits per heavy atom. The van der Waals surface area contributed by atoms with Gasteiger partial charge in [-0.25, -0.2) is 0 Å². The fourth-order valence-corrected chi connectivity index (χ4v) is 0.594. The molecule has 0 aromatic rings. The molecule has 0 spiro atoms. The Kier molecular flexibility index (Phi) is 5.66. The molecule has 0 saturated carbocycles. The van der Waals surface area contributed by atoms with Crippen LogP contribution in [0.5, 0.6) is 0 Å². The van der Waals surface area contributed by atoms with Crippen LogP contribution in [0.2, 0.25) is 0 Å². The number of nitrogens with zero attached hydrogens (tertiary/aromatic N) is 1. The molecule has 1 nitrogen and oxygen atoms in total. The van der Waals surface area contributed by atoms with E-state index >= 15 is 0 Å². The molecular weight excluding hydrogens is 122 g/mol. The summed E-state index contributed by atoms with van der Waals surface area (Å²) in [5, 5.41) is 0. The Labute approximate surface area is 63.7 Å². The van der Waals surface area contributed by atoms with E-state index in [0.717, 1.165) is 13.1 Å². The van der Waals surface area contributed by atoms with Crippen molar-refractivity contribution < 1.29 is 0 Å². The summed E-state index contributed by atoms with van der Waals surface area (Å²) in [7, 11) is 0. The van der Waals surface area contributed by atoms with Crippen LogP contribution in [0.25, 0.3) is 0 Å². The van der Waals surface area contributed by atoms with Crippen molar-refractivity contribution in [2.24, 2.45) is 0 Å². The zero-order chi connectivity index (χ0) is 7.82. The third kappa shape index (κ3) is 4.03. The lowest BCUT2D eigenvalue weighted by Gasteiger charge is -2.09. The molecule has 0 aromatic carbocycles. The van der Waals surface area contributed by atoms with Crippen molar-refractivity contribution in [2.45, 2.75) is 20.8 Å². The lowest BCUT2D eigenvalue weighted by molar-refractivity contribution is 0.444. The molecule has 0 rings (SSSR count). The minimum atomic E-state index is 1.00. The van der Waals surface area contributed by atoms with Crippen LogP contribution in [0.1, 0.15) is 20.8 Å². The maximum atomic E-state index is 3.02. The first-order chi connectivity index (χ1) is 4.85. The van der Waals surface area contributed by atoms with Gasteiger partial charge in [0.1, 0.15) is 0 Å². The van der Waals surface area contributed by atoms with Gasteiger partial charge in [-0.2, -0.15) is 0 Å². The van der Waals surface area contributed by atoms with Gasteiger partial charge in [-0.05, 0) is 26.8 Å². The molecule has 0 saturated heterocycles. The van der Waals surface area contributed by atoms with E-state index in [1.54, 1.807) is 0 Å². The average Bonchev–Trinajstić information content (AvgIpc) is 1.99. The van der Waals surface area contributed by atoms with Crippen molar-refractivity contribution in [1.82, 2.24) is 4.90 Å². The second kappa shape index (κ2) is 6.22. The van der Waals surface area contributed by atoms with Crippen LogP contribution in [0, 0.1) is 12.0 Å². The van der Waals surface area contributed by atoms with E-state index in [2.05, 4.69) is 30.7 Å². The van der Waals surface area contributed by atoms with E-state index < -0.39 is 0 Å². The van der Waals surface area contributed by atoms with Crippen molar-refractivity contribution in [3.05, 3.63) is 12.2 Å². The maximum absolute atomic E-state index is 3.02. The van der Waals surface area contributed by atoms with Gasteiger partial charge in [-0.3, -0.25) is 0 Å². The van der Waals surface area contributed by atoms with E-state index in [4.69, 9.17) is 0 Å². The smallest absolute Gasteiger partial charge is 0.0232 e. The van der Waals surface area contributed by atoms with Crippen LogP contribution < -0.4 is 0 Å². The Morgan fingerprint density at radius 2 is 1.90 bits per heavy atom. The van der Waals surface area contributed by atoms with Gasteiger partial charge in [0.25, 0.3) is 0 Å². The van der Waals surface area contributed by atoms with Gasteiger partial charge in [-0.15, -0.1) is 0 Å². The second-order valence-electron chi connectivity index (χ2n) is 1.93. The van der Waals surface area contributed by atoms with Crippen LogP contribution >= 0.6 is 0 Å². The quantitative estimate of drug-likeness (QED) is 0.415. The van der Waals surface area contributed by atoms with E-state index in [-0.39, 0.29) is 0 Å². The van der Waals surface area contributed by atoms with Crippen molar-refractivity contribution >= 4 is 0 Å². The number of allylic oxidation sites excluding steroid dienone is 2. The highest BCUT2D eigenvalue weighted by molar-refractivity contribution is 5.13. The molecule has 0 amide bonds. The molecule has 0 aliphatic rings. The van der Waals surface area contributed by atoms with Crippen LogP contribution in [-0.2, 0) is 0 Å². The molecule has 56 valence electrons. The fourth-order valence-electron chi connectivity index (χ4n) is 0.594. The van der Waals surface area contributed by atoms with Gasteiger partial charge in [0.2, 0.25) is 0 Å². The Bertz CT molecular complexity index is 144. The van der Waals surface area contributed by atoms with E-state index in [1.807, 2.05) is 19.1 Å². The first-order valence-electron chi connectivity index (χ1n) is 3.72. The summed E-state index contributed by atoms with van der Waals surface area (Å²) in [6.45, 7) is 8.18. The molecule has 0 bridgehead atoms. The van der Waals surface area contributed by atoms with Gasteiger partial charge >= 0.3 is 0 Å².